The highest BCUT2D eigenvalue weighted by Gasteiger charge is 2.38. The van der Waals surface area contributed by atoms with Crippen LogP contribution in [0.5, 0.6) is 0 Å². The van der Waals surface area contributed by atoms with Crippen molar-refractivity contribution in [3.63, 3.8) is 0 Å². The first-order chi connectivity index (χ1) is 9.26. The second-order valence-electron chi connectivity index (χ2n) is 6.58. The molecule has 2 saturated carbocycles. The van der Waals surface area contributed by atoms with E-state index in [4.69, 9.17) is 4.99 Å². The van der Waals surface area contributed by atoms with E-state index in [2.05, 4.69) is 29.4 Å². The number of likely N-dealkylation sites (tertiary alicyclic amines) is 1. The molecule has 2 N–H and O–H groups in total. The van der Waals surface area contributed by atoms with Crippen LogP contribution in [0.4, 0.5) is 0 Å². The fourth-order valence-corrected chi connectivity index (χ4v) is 2.95. The van der Waals surface area contributed by atoms with Crippen LogP contribution in [0.15, 0.2) is 4.99 Å². The van der Waals surface area contributed by atoms with E-state index in [0.717, 1.165) is 36.9 Å². The quantitative estimate of drug-likeness (QED) is 0.428. The van der Waals surface area contributed by atoms with Crippen molar-refractivity contribution in [3.05, 3.63) is 0 Å². The molecule has 3 aliphatic rings. The first-order valence-electron chi connectivity index (χ1n) is 8.05. The lowest BCUT2D eigenvalue weighted by Crippen LogP contribution is -2.46. The Kier molecular flexibility index (Phi) is 5.95. The Balaban J connectivity index is 0.00000147. The van der Waals surface area contributed by atoms with Crippen LogP contribution < -0.4 is 10.6 Å². The maximum absolute atomic E-state index is 4.73. The zero-order valence-corrected chi connectivity index (χ0v) is 15.1. The summed E-state index contributed by atoms with van der Waals surface area (Å²) in [6.07, 6.45) is 5.57. The summed E-state index contributed by atoms with van der Waals surface area (Å²) < 4.78 is 0. The summed E-state index contributed by atoms with van der Waals surface area (Å²) in [6, 6.07) is 1.46. The molecule has 2 atom stereocenters. The van der Waals surface area contributed by atoms with Gasteiger partial charge in [0.1, 0.15) is 0 Å². The number of aliphatic imine (C=N–C) groups is 1. The number of rotatable bonds is 5. The van der Waals surface area contributed by atoms with Crippen molar-refractivity contribution in [2.24, 2.45) is 16.8 Å². The van der Waals surface area contributed by atoms with Crippen molar-refractivity contribution in [3.8, 4) is 0 Å². The standard InChI is InChI=1S/C15H28N4.HI/c1-3-16-15(17-8-12-4-5-12)18-14-10-19(9-11(14)2)13-6-7-13;/h11-14H,3-10H2,1-2H3,(H2,16,17,18);1H. The van der Waals surface area contributed by atoms with Gasteiger partial charge in [0.2, 0.25) is 0 Å². The molecule has 2 aliphatic carbocycles. The smallest absolute Gasteiger partial charge is 0.191 e. The van der Waals surface area contributed by atoms with Gasteiger partial charge >= 0.3 is 0 Å². The van der Waals surface area contributed by atoms with Gasteiger partial charge in [-0.1, -0.05) is 6.92 Å². The average molecular weight is 392 g/mol. The van der Waals surface area contributed by atoms with Gasteiger partial charge in [-0.25, -0.2) is 0 Å². The summed E-state index contributed by atoms with van der Waals surface area (Å²) >= 11 is 0. The third-order valence-corrected chi connectivity index (χ3v) is 4.57. The second kappa shape index (κ2) is 7.29. The SMILES string of the molecule is CCNC(=NCC1CC1)NC1CN(C2CC2)CC1C.I. The predicted molar refractivity (Wildman–Crippen MR) is 94.8 cm³/mol. The Labute approximate surface area is 140 Å². The van der Waals surface area contributed by atoms with Gasteiger partial charge in [0, 0.05) is 38.3 Å². The Morgan fingerprint density at radius 1 is 1.20 bits per heavy atom. The lowest BCUT2D eigenvalue weighted by molar-refractivity contribution is 0.315. The van der Waals surface area contributed by atoms with E-state index in [0.29, 0.717) is 6.04 Å². The minimum Gasteiger partial charge on any atom is -0.357 e. The van der Waals surface area contributed by atoms with E-state index in [1.165, 1.54) is 38.8 Å². The van der Waals surface area contributed by atoms with Crippen LogP contribution >= 0.6 is 24.0 Å². The molecule has 20 heavy (non-hydrogen) atoms. The van der Waals surface area contributed by atoms with E-state index in [1.807, 2.05) is 0 Å². The molecule has 1 aliphatic heterocycles. The van der Waals surface area contributed by atoms with Gasteiger partial charge in [-0.15, -0.1) is 24.0 Å². The number of nitrogens with one attached hydrogen (secondary N) is 2. The zero-order valence-electron chi connectivity index (χ0n) is 12.8. The summed E-state index contributed by atoms with van der Waals surface area (Å²) in [5, 5.41) is 7.05. The van der Waals surface area contributed by atoms with E-state index >= 15 is 0 Å². The second-order valence-corrected chi connectivity index (χ2v) is 6.58. The maximum atomic E-state index is 4.73. The molecule has 3 fully saturated rings. The minimum atomic E-state index is 0. The molecule has 116 valence electrons. The molecular weight excluding hydrogens is 363 g/mol. The average Bonchev–Trinajstić information content (AvgIpc) is 3.27. The Hall–Kier alpha value is -0.0400. The molecule has 0 radical (unpaired) electrons. The third-order valence-electron chi connectivity index (χ3n) is 4.57. The molecule has 0 aromatic heterocycles. The van der Waals surface area contributed by atoms with Crippen LogP contribution in [-0.2, 0) is 0 Å². The van der Waals surface area contributed by atoms with Gasteiger partial charge in [-0.3, -0.25) is 9.89 Å². The van der Waals surface area contributed by atoms with Gasteiger partial charge in [0.25, 0.3) is 0 Å². The van der Waals surface area contributed by atoms with Gasteiger partial charge in [-0.2, -0.15) is 0 Å². The Morgan fingerprint density at radius 2 is 1.95 bits per heavy atom. The molecule has 2 unspecified atom stereocenters. The lowest BCUT2D eigenvalue weighted by Gasteiger charge is -2.20. The number of hydrogen-bond donors (Lipinski definition) is 2. The molecular formula is C15H29IN4. The predicted octanol–water partition coefficient (Wildman–Crippen LogP) is 2.05. The van der Waals surface area contributed by atoms with Gasteiger partial charge in [0.05, 0.1) is 0 Å². The molecule has 0 aromatic rings. The summed E-state index contributed by atoms with van der Waals surface area (Å²) in [7, 11) is 0. The zero-order chi connectivity index (χ0) is 13.2. The van der Waals surface area contributed by atoms with E-state index in [1.54, 1.807) is 0 Å². The molecule has 0 spiro atoms. The van der Waals surface area contributed by atoms with Crippen LogP contribution in [0.25, 0.3) is 0 Å². The van der Waals surface area contributed by atoms with E-state index in [-0.39, 0.29) is 24.0 Å². The fraction of sp³-hybridized carbons (Fsp3) is 0.933. The number of nitrogens with zero attached hydrogens (tertiary/aromatic N) is 2. The number of halogens is 1. The van der Waals surface area contributed by atoms with Crippen LogP contribution in [0.1, 0.15) is 39.5 Å². The third kappa shape index (κ3) is 4.48. The van der Waals surface area contributed by atoms with Crippen molar-refractivity contribution in [1.82, 2.24) is 15.5 Å². The van der Waals surface area contributed by atoms with Crippen LogP contribution in [0.2, 0.25) is 0 Å². The van der Waals surface area contributed by atoms with Crippen molar-refractivity contribution in [2.45, 2.75) is 51.6 Å². The highest BCUT2D eigenvalue weighted by Crippen LogP contribution is 2.32. The molecule has 4 nitrogen and oxygen atoms in total. The molecule has 0 amide bonds. The maximum Gasteiger partial charge on any atom is 0.191 e. The van der Waals surface area contributed by atoms with Crippen molar-refractivity contribution in [2.75, 3.05) is 26.2 Å². The summed E-state index contributed by atoms with van der Waals surface area (Å²) in [5.41, 5.74) is 0. The Bertz CT molecular complexity index is 339. The van der Waals surface area contributed by atoms with Crippen LogP contribution in [0, 0.1) is 11.8 Å². The monoisotopic (exact) mass is 392 g/mol. The van der Waals surface area contributed by atoms with Crippen LogP contribution in [0.3, 0.4) is 0 Å². The topological polar surface area (TPSA) is 39.7 Å². The number of hydrogen-bond acceptors (Lipinski definition) is 2. The highest BCUT2D eigenvalue weighted by molar-refractivity contribution is 14.0. The van der Waals surface area contributed by atoms with Gasteiger partial charge in [0.15, 0.2) is 5.96 Å². The molecule has 0 aromatic carbocycles. The van der Waals surface area contributed by atoms with Gasteiger partial charge < -0.3 is 10.6 Å². The fourth-order valence-electron chi connectivity index (χ4n) is 2.95. The summed E-state index contributed by atoms with van der Waals surface area (Å²) in [4.78, 5) is 7.39. The van der Waals surface area contributed by atoms with Crippen molar-refractivity contribution < 1.29 is 0 Å². The summed E-state index contributed by atoms with van der Waals surface area (Å²) in [5.74, 6) is 2.62. The molecule has 1 heterocycles. The molecule has 1 saturated heterocycles. The summed E-state index contributed by atoms with van der Waals surface area (Å²) in [6.45, 7) is 8.91. The largest absolute Gasteiger partial charge is 0.357 e. The minimum absolute atomic E-state index is 0. The lowest BCUT2D eigenvalue weighted by atomic mass is 10.1. The Morgan fingerprint density at radius 3 is 2.55 bits per heavy atom. The molecule has 5 heteroatoms. The molecule has 0 bridgehead atoms. The van der Waals surface area contributed by atoms with Gasteiger partial charge in [-0.05, 0) is 44.4 Å². The highest BCUT2D eigenvalue weighted by atomic mass is 127. The molecule has 3 rings (SSSR count). The van der Waals surface area contributed by atoms with Crippen molar-refractivity contribution >= 4 is 29.9 Å². The van der Waals surface area contributed by atoms with E-state index < -0.39 is 0 Å². The van der Waals surface area contributed by atoms with Crippen LogP contribution in [-0.4, -0.2) is 49.1 Å². The first kappa shape index (κ1) is 16.3. The van der Waals surface area contributed by atoms with Crippen molar-refractivity contribution in [1.29, 1.82) is 0 Å². The normalized spacial score (nSPS) is 31.0. The number of guanidine groups is 1. The van der Waals surface area contributed by atoms with E-state index in [9.17, 15) is 0 Å². The first-order valence-corrected chi connectivity index (χ1v) is 8.05.